The maximum absolute atomic E-state index is 9.18. The molecule has 1 aromatic rings. The lowest BCUT2D eigenvalue weighted by Gasteiger charge is -2.14. The molecule has 0 unspecified atom stereocenters. The monoisotopic (exact) mass is 222 g/mol. The molecule has 2 N–H and O–H groups in total. The van der Waals surface area contributed by atoms with Gasteiger partial charge in [-0.1, -0.05) is 24.3 Å². The number of nitrogens with one attached hydrogen (secondary N) is 2. The summed E-state index contributed by atoms with van der Waals surface area (Å²) in [6.07, 6.45) is 4.59. The number of aliphatic imine (C=N–C) groups is 1. The molecule has 2 aliphatic heterocycles. The summed E-state index contributed by atoms with van der Waals surface area (Å²) >= 11 is 0. The van der Waals surface area contributed by atoms with E-state index < -0.39 is 0 Å². The van der Waals surface area contributed by atoms with Crippen LogP contribution in [-0.4, -0.2) is 5.71 Å². The van der Waals surface area contributed by atoms with Gasteiger partial charge in [0.25, 0.3) is 0 Å². The van der Waals surface area contributed by atoms with E-state index in [0.717, 1.165) is 28.9 Å². The highest BCUT2D eigenvalue weighted by molar-refractivity contribution is 6.13. The minimum absolute atomic E-state index is 0.454. The number of fused-ring (bicyclic) bond motifs is 1. The van der Waals surface area contributed by atoms with Crippen molar-refractivity contribution in [2.24, 2.45) is 4.99 Å². The van der Waals surface area contributed by atoms with Crippen molar-refractivity contribution in [2.45, 2.75) is 6.42 Å². The Kier molecular flexibility index (Phi) is 2.16. The van der Waals surface area contributed by atoms with Crippen LogP contribution in [0.3, 0.4) is 0 Å². The molecule has 3 rings (SSSR count). The molecule has 0 spiro atoms. The average Bonchev–Trinajstić information content (AvgIpc) is 2.54. The second kappa shape index (κ2) is 3.80. The Labute approximate surface area is 99.0 Å². The van der Waals surface area contributed by atoms with Gasteiger partial charge in [0.15, 0.2) is 0 Å². The molecule has 0 saturated carbocycles. The number of nitrogens with zero attached hydrogens (tertiary/aromatic N) is 2. The minimum Gasteiger partial charge on any atom is -0.307 e. The van der Waals surface area contributed by atoms with Crippen LogP contribution in [0.1, 0.15) is 11.1 Å². The van der Waals surface area contributed by atoms with Crippen LogP contribution in [0.15, 0.2) is 52.9 Å². The van der Waals surface area contributed by atoms with Gasteiger partial charge in [0.05, 0.1) is 0 Å². The third-order valence-corrected chi connectivity index (χ3v) is 2.85. The second-order valence-corrected chi connectivity index (χ2v) is 3.88. The van der Waals surface area contributed by atoms with Crippen molar-refractivity contribution in [1.82, 2.24) is 10.9 Å². The fourth-order valence-corrected chi connectivity index (χ4v) is 2.02. The van der Waals surface area contributed by atoms with Gasteiger partial charge in [-0.05, 0) is 11.6 Å². The van der Waals surface area contributed by atoms with Gasteiger partial charge in [0, 0.05) is 23.8 Å². The smallest absolute Gasteiger partial charge is 0.150 e. The molecule has 2 heterocycles. The van der Waals surface area contributed by atoms with Gasteiger partial charge in [-0.3, -0.25) is 5.43 Å². The summed E-state index contributed by atoms with van der Waals surface area (Å²) < 4.78 is 0. The van der Waals surface area contributed by atoms with E-state index in [-0.39, 0.29) is 0 Å². The molecule has 0 radical (unpaired) electrons. The first kappa shape index (κ1) is 9.67. The topological polar surface area (TPSA) is 60.2 Å². The average molecular weight is 222 g/mol. The fourth-order valence-electron chi connectivity index (χ4n) is 2.02. The van der Waals surface area contributed by atoms with E-state index in [1.54, 1.807) is 0 Å². The molecule has 0 aliphatic carbocycles. The van der Waals surface area contributed by atoms with Crippen molar-refractivity contribution in [3.8, 4) is 6.07 Å². The van der Waals surface area contributed by atoms with Gasteiger partial charge in [-0.25, -0.2) is 4.99 Å². The van der Waals surface area contributed by atoms with E-state index >= 15 is 0 Å². The first-order valence-corrected chi connectivity index (χ1v) is 5.37. The van der Waals surface area contributed by atoms with Gasteiger partial charge < -0.3 is 5.43 Å². The standard InChI is InChI=1S/C13H10N4/c14-8-12-11-4-2-1-3-9(11)7-10-5-6-15-17-13(10)16-12/h1-6,15,17H,7H2. The lowest BCUT2D eigenvalue weighted by Crippen LogP contribution is -2.29. The quantitative estimate of drug-likeness (QED) is 0.697. The number of allylic oxidation sites excluding steroid dienone is 2. The molecule has 0 atom stereocenters. The van der Waals surface area contributed by atoms with E-state index in [2.05, 4.69) is 21.9 Å². The van der Waals surface area contributed by atoms with Gasteiger partial charge in [-0.2, -0.15) is 5.26 Å². The summed E-state index contributed by atoms with van der Waals surface area (Å²) in [5, 5.41) is 9.18. The molecule has 17 heavy (non-hydrogen) atoms. The van der Waals surface area contributed by atoms with Crippen molar-refractivity contribution >= 4 is 5.71 Å². The van der Waals surface area contributed by atoms with Crippen LogP contribution >= 0.6 is 0 Å². The normalized spacial score (nSPS) is 16.8. The largest absolute Gasteiger partial charge is 0.307 e. The molecule has 4 nitrogen and oxygen atoms in total. The van der Waals surface area contributed by atoms with Gasteiger partial charge in [0.2, 0.25) is 0 Å². The van der Waals surface area contributed by atoms with E-state index in [1.807, 2.05) is 36.5 Å². The highest BCUT2D eigenvalue weighted by Crippen LogP contribution is 2.23. The Hall–Kier alpha value is -2.54. The van der Waals surface area contributed by atoms with Gasteiger partial charge in [0.1, 0.15) is 17.6 Å². The fraction of sp³-hybridized carbons (Fsp3) is 0.0769. The summed E-state index contributed by atoms with van der Waals surface area (Å²) in [6, 6.07) is 10.0. The molecule has 82 valence electrons. The first-order valence-electron chi connectivity index (χ1n) is 5.37. The lowest BCUT2D eigenvalue weighted by atomic mass is 9.98. The van der Waals surface area contributed by atoms with Crippen LogP contribution in [0.2, 0.25) is 0 Å². The van der Waals surface area contributed by atoms with E-state index in [0.29, 0.717) is 5.71 Å². The summed E-state index contributed by atoms with van der Waals surface area (Å²) in [5.41, 5.74) is 9.43. The molecule has 1 aromatic carbocycles. The molecule has 0 bridgehead atoms. The Morgan fingerprint density at radius 2 is 2.18 bits per heavy atom. The molecule has 0 fully saturated rings. The molecule has 0 saturated heterocycles. The lowest BCUT2D eigenvalue weighted by molar-refractivity contribution is 0.696. The maximum Gasteiger partial charge on any atom is 0.150 e. The van der Waals surface area contributed by atoms with Crippen molar-refractivity contribution in [3.05, 3.63) is 59.1 Å². The SMILES string of the molecule is N#CC1=NC2=C(C=CNN2)Cc2ccccc21. The zero-order chi connectivity index (χ0) is 11.7. The highest BCUT2D eigenvalue weighted by Gasteiger charge is 2.18. The Morgan fingerprint density at radius 3 is 3.06 bits per heavy atom. The summed E-state index contributed by atoms with van der Waals surface area (Å²) in [7, 11) is 0. The van der Waals surface area contributed by atoms with E-state index in [4.69, 9.17) is 0 Å². The van der Waals surface area contributed by atoms with Crippen LogP contribution in [0.5, 0.6) is 0 Å². The predicted octanol–water partition coefficient (Wildman–Crippen LogP) is 1.39. The minimum atomic E-state index is 0.454. The van der Waals surface area contributed by atoms with Gasteiger partial charge in [-0.15, -0.1) is 0 Å². The summed E-state index contributed by atoms with van der Waals surface area (Å²) in [4.78, 5) is 4.37. The molecule has 0 aromatic heterocycles. The Bertz CT molecular complexity index is 602. The predicted molar refractivity (Wildman–Crippen MR) is 64.7 cm³/mol. The van der Waals surface area contributed by atoms with Crippen molar-refractivity contribution in [2.75, 3.05) is 0 Å². The number of benzene rings is 1. The van der Waals surface area contributed by atoms with Crippen LogP contribution in [0.25, 0.3) is 0 Å². The number of rotatable bonds is 0. The van der Waals surface area contributed by atoms with E-state index in [1.165, 1.54) is 0 Å². The third-order valence-electron chi connectivity index (χ3n) is 2.85. The van der Waals surface area contributed by atoms with Gasteiger partial charge >= 0.3 is 0 Å². The van der Waals surface area contributed by atoms with Crippen LogP contribution in [-0.2, 0) is 6.42 Å². The first-order chi connectivity index (χ1) is 8.38. The van der Waals surface area contributed by atoms with E-state index in [9.17, 15) is 5.26 Å². The summed E-state index contributed by atoms with van der Waals surface area (Å²) in [6.45, 7) is 0. The zero-order valence-corrected chi connectivity index (χ0v) is 9.07. The Morgan fingerprint density at radius 1 is 1.29 bits per heavy atom. The molecule has 0 amide bonds. The number of nitriles is 1. The van der Waals surface area contributed by atoms with Crippen LogP contribution in [0.4, 0.5) is 0 Å². The van der Waals surface area contributed by atoms with Crippen molar-refractivity contribution in [1.29, 1.82) is 5.26 Å². The van der Waals surface area contributed by atoms with Crippen LogP contribution in [0, 0.1) is 11.3 Å². The number of hydrazine groups is 1. The summed E-state index contributed by atoms with van der Waals surface area (Å²) in [5.74, 6) is 0.722. The van der Waals surface area contributed by atoms with Crippen molar-refractivity contribution < 1.29 is 0 Å². The molecular formula is C13H10N4. The highest BCUT2D eigenvalue weighted by atomic mass is 15.4. The number of hydrogen-bond donors (Lipinski definition) is 2. The van der Waals surface area contributed by atoms with Crippen molar-refractivity contribution in [3.63, 3.8) is 0 Å². The third kappa shape index (κ3) is 1.58. The number of hydrogen-bond acceptors (Lipinski definition) is 4. The Balaban J connectivity index is 2.21. The second-order valence-electron chi connectivity index (χ2n) is 3.88. The zero-order valence-electron chi connectivity index (χ0n) is 9.07. The molecule has 4 heteroatoms. The van der Waals surface area contributed by atoms with Crippen LogP contribution < -0.4 is 10.9 Å². The molecular weight excluding hydrogens is 212 g/mol. The maximum atomic E-state index is 9.18. The molecule has 2 aliphatic rings.